The molecule has 406 valence electrons. The molecule has 4 unspecified atom stereocenters. The lowest BCUT2D eigenvalue weighted by Crippen LogP contribution is -2.28. The van der Waals surface area contributed by atoms with Gasteiger partial charge in [-0.15, -0.1) is 0 Å². The molecule has 2 fully saturated rings. The van der Waals surface area contributed by atoms with Crippen molar-refractivity contribution < 1.29 is 32.2 Å². The van der Waals surface area contributed by atoms with Crippen LogP contribution in [0.15, 0.2) is 133 Å². The molecule has 6 nitrogen and oxygen atoms in total. The number of hydrogen-bond donors (Lipinski definition) is 0. The summed E-state index contributed by atoms with van der Waals surface area (Å²) in [5.74, 6) is 0.884. The molecule has 6 aromatic rings. The number of hydrogen-bond acceptors (Lipinski definition) is 4. The first kappa shape index (κ1) is 54.4. The Bertz CT molecular complexity index is 3850. The molecule has 2 heterocycles. The van der Waals surface area contributed by atoms with Crippen LogP contribution >= 0.6 is 0 Å². The summed E-state index contributed by atoms with van der Waals surface area (Å²) in [4.78, 5) is 39.2. The second-order valence-electron chi connectivity index (χ2n) is 22.7. The molecule has 12 rings (SSSR count). The summed E-state index contributed by atoms with van der Waals surface area (Å²) < 4.78 is 41.6. The molecular weight excluding hydrogens is 994 g/mol. The third-order valence-corrected chi connectivity index (χ3v) is 17.8. The van der Waals surface area contributed by atoms with Crippen LogP contribution in [0.1, 0.15) is 161 Å². The van der Waals surface area contributed by atoms with Gasteiger partial charge in [-0.05, 0) is 207 Å². The van der Waals surface area contributed by atoms with E-state index in [4.69, 9.17) is 4.74 Å². The zero-order chi connectivity index (χ0) is 55.9. The van der Waals surface area contributed by atoms with E-state index in [0.29, 0.717) is 29.5 Å². The first-order valence-electron chi connectivity index (χ1n) is 29.4. The zero-order valence-electron chi connectivity index (χ0n) is 47.1. The fourth-order valence-corrected chi connectivity index (χ4v) is 14.4. The second kappa shape index (κ2) is 22.9. The number of ketones is 2. The molecule has 6 aliphatic rings. The minimum Gasteiger partial charge on any atom is -0.427 e. The van der Waals surface area contributed by atoms with Crippen LogP contribution in [0, 0.1) is 11.8 Å². The van der Waals surface area contributed by atoms with Gasteiger partial charge in [0.25, 0.3) is 0 Å². The largest absolute Gasteiger partial charge is 0.935 e. The van der Waals surface area contributed by atoms with Gasteiger partial charge < -0.3 is 9.30 Å². The number of carbonyl (C=O) groups excluding carboxylic acids is 3. The van der Waals surface area contributed by atoms with E-state index in [9.17, 15) is 14.4 Å². The summed E-state index contributed by atoms with van der Waals surface area (Å²) in [5.41, 5.74) is 14.3. The quantitative estimate of drug-likeness (QED) is 0.0300. The van der Waals surface area contributed by atoms with Crippen LogP contribution in [0.2, 0.25) is 0 Å². The van der Waals surface area contributed by atoms with Crippen LogP contribution in [0.5, 0.6) is 5.75 Å². The fourth-order valence-electron chi connectivity index (χ4n) is 14.4. The molecule has 0 N–H and O–H groups in total. The maximum Gasteiger partial charge on any atom is 0.935 e. The normalized spacial score (nSPS) is 20.1. The number of allylic oxidation sites excluding steroid dienone is 7. The molecule has 0 amide bonds. The maximum absolute atomic E-state index is 16.2. The number of nitrogens with zero attached hydrogens (tertiary/aromatic N) is 2. The lowest BCUT2D eigenvalue weighted by atomic mass is 9.84. The highest BCUT2D eigenvalue weighted by Gasteiger charge is 2.57. The summed E-state index contributed by atoms with van der Waals surface area (Å²) >= 11 is 0. The molecule has 1 aromatic heterocycles. The van der Waals surface area contributed by atoms with Crippen LogP contribution in [-0.2, 0) is 34.3 Å². The lowest BCUT2D eigenvalue weighted by molar-refractivity contribution is -0.342. The van der Waals surface area contributed by atoms with Crippen molar-refractivity contribution in [3.8, 4) is 16.9 Å². The minimum atomic E-state index is -2.86. The van der Waals surface area contributed by atoms with Crippen LogP contribution in [0.25, 0.3) is 63.1 Å². The summed E-state index contributed by atoms with van der Waals surface area (Å²) in [7, 11) is -0.835. The number of aryl methyl sites for hydroxylation is 2. The van der Waals surface area contributed by atoms with Crippen molar-refractivity contribution in [2.24, 2.45) is 18.9 Å². The fraction of sp³-hybridized carbons (Fsp3) is 0.324. The number of halogens is 2. The first-order valence-corrected chi connectivity index (χ1v) is 29.4. The van der Waals surface area contributed by atoms with Crippen LogP contribution < -0.4 is 15.2 Å². The van der Waals surface area contributed by atoms with Gasteiger partial charge in [0.15, 0.2) is 23.0 Å². The van der Waals surface area contributed by atoms with Gasteiger partial charge in [-0.2, -0.15) is 0 Å². The smallest absolute Gasteiger partial charge is 0.427 e. The molecular formula is C71H72BF2N2O4+. The van der Waals surface area contributed by atoms with Gasteiger partial charge >= 0.3 is 13.4 Å². The summed E-state index contributed by atoms with van der Waals surface area (Å²) in [6.07, 6.45) is 26.2. The SMILES string of the molecule is C=Cc1cccc2c1c(=C)c1c3c(c(CCCC(=O)Oc4ccc(-c5ccc(/C(=C6\C7=C(C(/C=C/C(=O)CC)=[N+]6B(F)F)C6CCC7C6)c6c7c(c(/C=C/C(=O)/C=C\CC)n6C)C6CCC7C6)cc5)cc4)ccc32)=CCC1.CCC. The van der Waals surface area contributed by atoms with Gasteiger partial charge in [0.2, 0.25) is 0 Å². The van der Waals surface area contributed by atoms with Crippen LogP contribution in [-0.4, -0.2) is 39.7 Å². The number of aromatic nitrogens is 1. The Morgan fingerprint density at radius 2 is 1.46 bits per heavy atom. The van der Waals surface area contributed by atoms with Crippen molar-refractivity contribution >= 4 is 82.6 Å². The molecule has 5 aromatic carbocycles. The van der Waals surface area contributed by atoms with Crippen molar-refractivity contribution in [1.29, 1.82) is 0 Å². The average Bonchev–Trinajstić information content (AvgIpc) is 4.33. The standard InChI is InChI=1S/C68H64BF2N2O4.C3H8/c1-6-9-15-51(75)32-36-57-61-46-24-26-48(38-46)63(61)67(72(57)5)65(68-64-49-27-25-47(39-49)62(64)58(73(68)69(70)71)37-31-50(74)8-3)45-22-20-42(21-23-45)43-28-33-52(34-29-43)77-59(76)19-11-14-44-30-35-56-55-18-10-13-41(7-2)60(55)40(4)53-16-12-17-54(44)66(53)56;1-3-2/h7,9-10,13,15,17-18,20-23,28-37,46-49H,2,4,6,8,11-12,14,16,19,24-27,38-39H2,1,3,5H3;3H2,1-2H3/q+1;/b15-9-,36-32+,37-31+;. The second-order valence-corrected chi connectivity index (χ2v) is 22.7. The van der Waals surface area contributed by atoms with Gasteiger partial charge in [0.05, 0.1) is 11.3 Å². The first-order chi connectivity index (χ1) is 38.9. The third-order valence-electron chi connectivity index (χ3n) is 17.8. The van der Waals surface area contributed by atoms with E-state index in [0.717, 1.165) is 120 Å². The Hall–Kier alpha value is -7.52. The predicted molar refractivity (Wildman–Crippen MR) is 325 cm³/mol. The summed E-state index contributed by atoms with van der Waals surface area (Å²) in [6.45, 7) is 16.7. The van der Waals surface area contributed by atoms with E-state index >= 15 is 8.63 Å². The van der Waals surface area contributed by atoms with Crippen molar-refractivity contribution in [1.82, 2.24) is 4.57 Å². The molecule has 5 aliphatic carbocycles. The van der Waals surface area contributed by atoms with Gasteiger partial charge in [-0.3, -0.25) is 14.4 Å². The van der Waals surface area contributed by atoms with Crippen molar-refractivity contribution in [2.75, 3.05) is 0 Å². The topological polar surface area (TPSA) is 68.4 Å². The Morgan fingerprint density at radius 1 is 0.787 bits per heavy atom. The van der Waals surface area contributed by atoms with Gasteiger partial charge in [0, 0.05) is 42.8 Å². The van der Waals surface area contributed by atoms with E-state index in [1.54, 1.807) is 25.2 Å². The molecule has 80 heavy (non-hydrogen) atoms. The highest BCUT2D eigenvalue weighted by atomic mass is 19.2. The Balaban J connectivity index is 0.00000220. The van der Waals surface area contributed by atoms with Gasteiger partial charge in [-0.1, -0.05) is 132 Å². The highest BCUT2D eigenvalue weighted by molar-refractivity contribution is 6.36. The molecule has 1 aliphatic heterocycles. The van der Waals surface area contributed by atoms with Crippen LogP contribution in [0.3, 0.4) is 0 Å². The Kier molecular flexibility index (Phi) is 15.6. The monoisotopic (exact) mass is 1070 g/mol. The van der Waals surface area contributed by atoms with Gasteiger partial charge in [-0.25, -0.2) is 13.1 Å². The third kappa shape index (κ3) is 9.68. The van der Waals surface area contributed by atoms with Gasteiger partial charge in [0.1, 0.15) is 5.75 Å². The van der Waals surface area contributed by atoms with Crippen molar-refractivity contribution in [2.45, 2.75) is 129 Å². The molecule has 4 atom stereocenters. The molecule has 2 saturated carbocycles. The lowest BCUT2D eigenvalue weighted by Gasteiger charge is -2.20. The van der Waals surface area contributed by atoms with E-state index < -0.39 is 7.40 Å². The summed E-state index contributed by atoms with van der Waals surface area (Å²) in [6, 6.07) is 26.6. The van der Waals surface area contributed by atoms with Crippen molar-refractivity contribution in [3.05, 3.63) is 188 Å². The molecule has 0 radical (unpaired) electrons. The molecule has 0 spiro atoms. The minimum absolute atomic E-state index is 0.0870. The van der Waals surface area contributed by atoms with Crippen molar-refractivity contribution in [3.63, 3.8) is 0 Å². The molecule has 4 bridgehead atoms. The van der Waals surface area contributed by atoms with E-state index in [2.05, 4.69) is 80.1 Å². The van der Waals surface area contributed by atoms with E-state index in [-0.39, 0.29) is 48.1 Å². The Morgan fingerprint density at radius 3 is 2.16 bits per heavy atom. The van der Waals surface area contributed by atoms with Crippen LogP contribution in [0.4, 0.5) is 8.63 Å². The highest BCUT2D eigenvalue weighted by Crippen LogP contribution is 2.60. The average molecular weight is 1070 g/mol. The number of carbonyl (C=O) groups is 3. The summed E-state index contributed by atoms with van der Waals surface area (Å²) in [5, 5.41) is 7.22. The predicted octanol–water partition coefficient (Wildman–Crippen LogP) is 15.4. The number of fused-ring (bicyclic) bond motifs is 11. The number of benzene rings is 5. The zero-order valence-corrected chi connectivity index (χ0v) is 47.1. The number of esters is 1. The maximum atomic E-state index is 16.2. The number of rotatable bonds is 17. The van der Waals surface area contributed by atoms with E-state index in [1.165, 1.54) is 66.0 Å². The molecule has 0 saturated heterocycles. The molecule has 9 heteroatoms. The Labute approximate surface area is 470 Å². The van der Waals surface area contributed by atoms with E-state index in [1.807, 2.05) is 68.6 Å². The number of ether oxygens (including phenoxy) is 1.